The highest BCUT2D eigenvalue weighted by Crippen LogP contribution is 2.27. The van der Waals surface area contributed by atoms with Crippen molar-refractivity contribution in [1.29, 1.82) is 0 Å². The van der Waals surface area contributed by atoms with Crippen molar-refractivity contribution in [3.63, 3.8) is 0 Å². The Morgan fingerprint density at radius 1 is 1.06 bits per heavy atom. The Labute approximate surface area is 103 Å². The molecule has 0 unspecified atom stereocenters. The van der Waals surface area contributed by atoms with Gasteiger partial charge in [-0.3, -0.25) is 4.99 Å². The van der Waals surface area contributed by atoms with E-state index in [-0.39, 0.29) is 0 Å². The van der Waals surface area contributed by atoms with Crippen LogP contribution in [-0.2, 0) is 0 Å². The Morgan fingerprint density at radius 2 is 1.62 bits per heavy atom. The van der Waals surface area contributed by atoms with Gasteiger partial charge in [0.25, 0.3) is 0 Å². The lowest BCUT2D eigenvalue weighted by Crippen LogP contribution is -2.41. The summed E-state index contributed by atoms with van der Waals surface area (Å²) in [7, 11) is 1.86. The third-order valence-corrected chi connectivity index (χ3v) is 4.43. The van der Waals surface area contributed by atoms with Crippen molar-refractivity contribution in [2.75, 3.05) is 31.6 Å². The van der Waals surface area contributed by atoms with E-state index in [0.29, 0.717) is 0 Å². The molecule has 0 aromatic carbocycles. The number of nitrogens with zero attached hydrogens (tertiary/aromatic N) is 1. The van der Waals surface area contributed by atoms with Crippen molar-refractivity contribution in [2.24, 2.45) is 16.8 Å². The summed E-state index contributed by atoms with van der Waals surface area (Å²) in [5.41, 5.74) is 0. The third-order valence-electron chi connectivity index (χ3n) is 3.38. The Bertz CT molecular complexity index is 232. The first-order valence-electron chi connectivity index (χ1n) is 6.40. The first kappa shape index (κ1) is 12.1. The van der Waals surface area contributed by atoms with E-state index in [1.807, 2.05) is 7.05 Å². The number of aliphatic imine (C=N–C) groups is 1. The van der Waals surface area contributed by atoms with Crippen LogP contribution in [0.25, 0.3) is 0 Å². The van der Waals surface area contributed by atoms with E-state index in [1.54, 1.807) is 0 Å². The van der Waals surface area contributed by atoms with Crippen LogP contribution in [0.3, 0.4) is 0 Å². The van der Waals surface area contributed by atoms with E-state index in [1.165, 1.54) is 37.2 Å². The number of thioether (sulfide) groups is 1. The summed E-state index contributed by atoms with van der Waals surface area (Å²) < 4.78 is 0. The van der Waals surface area contributed by atoms with Gasteiger partial charge in [-0.05, 0) is 49.0 Å². The number of hydrogen-bond donors (Lipinski definition) is 2. The molecule has 16 heavy (non-hydrogen) atoms. The molecule has 0 aromatic heterocycles. The van der Waals surface area contributed by atoms with Crippen molar-refractivity contribution < 1.29 is 0 Å². The quantitative estimate of drug-likeness (QED) is 0.581. The normalized spacial score (nSPS) is 23.2. The molecule has 0 aromatic rings. The highest BCUT2D eigenvalue weighted by Gasteiger charge is 2.21. The fourth-order valence-corrected chi connectivity index (χ4v) is 3.18. The predicted octanol–water partition coefficient (Wildman–Crippen LogP) is 1.70. The smallest absolute Gasteiger partial charge is 0.190 e. The fraction of sp³-hybridized carbons (Fsp3) is 0.917. The standard InChI is InChI=1S/C12H23N3S/c1-13-12(14-8-10-2-3-10)15-9-11-4-6-16-7-5-11/h10-11H,2-9H2,1H3,(H2,13,14,15). The van der Waals surface area contributed by atoms with Crippen LogP contribution in [0, 0.1) is 11.8 Å². The highest BCUT2D eigenvalue weighted by atomic mass is 32.2. The lowest BCUT2D eigenvalue weighted by Gasteiger charge is -2.22. The molecule has 4 heteroatoms. The zero-order valence-corrected chi connectivity index (χ0v) is 11.0. The largest absolute Gasteiger partial charge is 0.356 e. The van der Waals surface area contributed by atoms with Gasteiger partial charge in [-0.25, -0.2) is 0 Å². The minimum atomic E-state index is 0.848. The molecule has 3 nitrogen and oxygen atoms in total. The minimum absolute atomic E-state index is 0.848. The number of guanidine groups is 1. The molecule has 0 amide bonds. The van der Waals surface area contributed by atoms with Gasteiger partial charge in [0.15, 0.2) is 5.96 Å². The van der Waals surface area contributed by atoms with E-state index >= 15 is 0 Å². The van der Waals surface area contributed by atoms with Gasteiger partial charge in [0.1, 0.15) is 0 Å². The van der Waals surface area contributed by atoms with Crippen molar-refractivity contribution in [3.8, 4) is 0 Å². The van der Waals surface area contributed by atoms with E-state index < -0.39 is 0 Å². The van der Waals surface area contributed by atoms with Crippen molar-refractivity contribution >= 4 is 17.7 Å². The summed E-state index contributed by atoms with van der Waals surface area (Å²) in [6.07, 6.45) is 5.50. The van der Waals surface area contributed by atoms with Crippen LogP contribution in [-0.4, -0.2) is 37.6 Å². The summed E-state index contributed by atoms with van der Waals surface area (Å²) in [5.74, 6) is 5.41. The van der Waals surface area contributed by atoms with Gasteiger partial charge in [-0.15, -0.1) is 0 Å². The number of rotatable bonds is 4. The average molecular weight is 241 g/mol. The third kappa shape index (κ3) is 4.24. The monoisotopic (exact) mass is 241 g/mol. The molecular formula is C12H23N3S. The molecule has 2 N–H and O–H groups in total. The molecule has 0 atom stereocenters. The molecule has 1 aliphatic carbocycles. The molecule has 1 aliphatic heterocycles. The molecule has 0 radical (unpaired) electrons. The van der Waals surface area contributed by atoms with E-state index in [0.717, 1.165) is 30.9 Å². The topological polar surface area (TPSA) is 36.4 Å². The van der Waals surface area contributed by atoms with Crippen LogP contribution in [0.15, 0.2) is 4.99 Å². The lowest BCUT2D eigenvalue weighted by molar-refractivity contribution is 0.478. The first-order valence-corrected chi connectivity index (χ1v) is 7.56. The van der Waals surface area contributed by atoms with Gasteiger partial charge in [-0.2, -0.15) is 11.8 Å². The Hall–Kier alpha value is -0.380. The summed E-state index contributed by atoms with van der Waals surface area (Å²) in [4.78, 5) is 4.26. The molecule has 2 rings (SSSR count). The van der Waals surface area contributed by atoms with Gasteiger partial charge < -0.3 is 10.6 Å². The van der Waals surface area contributed by atoms with Crippen molar-refractivity contribution in [2.45, 2.75) is 25.7 Å². The van der Waals surface area contributed by atoms with Crippen LogP contribution in [0.2, 0.25) is 0 Å². The van der Waals surface area contributed by atoms with Crippen molar-refractivity contribution in [3.05, 3.63) is 0 Å². The van der Waals surface area contributed by atoms with Gasteiger partial charge in [0.2, 0.25) is 0 Å². The second-order valence-electron chi connectivity index (χ2n) is 4.83. The van der Waals surface area contributed by atoms with Crippen LogP contribution in [0.4, 0.5) is 0 Å². The molecule has 2 aliphatic rings. The Morgan fingerprint density at radius 3 is 2.12 bits per heavy atom. The molecule has 1 saturated heterocycles. The molecule has 1 saturated carbocycles. The fourth-order valence-electron chi connectivity index (χ4n) is 1.98. The molecule has 1 heterocycles. The van der Waals surface area contributed by atoms with Crippen LogP contribution >= 0.6 is 11.8 Å². The summed E-state index contributed by atoms with van der Waals surface area (Å²) in [6.45, 7) is 2.19. The maximum absolute atomic E-state index is 4.26. The minimum Gasteiger partial charge on any atom is -0.356 e. The molecular weight excluding hydrogens is 218 g/mol. The van der Waals surface area contributed by atoms with Gasteiger partial charge in [0, 0.05) is 20.1 Å². The zero-order valence-electron chi connectivity index (χ0n) is 10.2. The SMILES string of the molecule is CN=C(NCC1CCSCC1)NCC1CC1. The molecule has 0 bridgehead atoms. The average Bonchev–Trinajstić information content (AvgIpc) is 3.15. The lowest BCUT2D eigenvalue weighted by atomic mass is 10.0. The second kappa shape index (κ2) is 6.38. The predicted molar refractivity (Wildman–Crippen MR) is 72.1 cm³/mol. The summed E-state index contributed by atoms with van der Waals surface area (Å²) in [5, 5.41) is 6.86. The Balaban J connectivity index is 1.61. The van der Waals surface area contributed by atoms with Crippen LogP contribution < -0.4 is 10.6 Å². The van der Waals surface area contributed by atoms with E-state index in [4.69, 9.17) is 0 Å². The molecule has 2 fully saturated rings. The van der Waals surface area contributed by atoms with Gasteiger partial charge in [-0.1, -0.05) is 0 Å². The second-order valence-corrected chi connectivity index (χ2v) is 6.06. The van der Waals surface area contributed by atoms with E-state index in [2.05, 4.69) is 27.4 Å². The van der Waals surface area contributed by atoms with Crippen LogP contribution in [0.5, 0.6) is 0 Å². The summed E-state index contributed by atoms with van der Waals surface area (Å²) in [6, 6.07) is 0. The Kier molecular flexibility index (Phi) is 4.82. The highest BCUT2D eigenvalue weighted by molar-refractivity contribution is 7.99. The number of nitrogens with one attached hydrogen (secondary N) is 2. The maximum Gasteiger partial charge on any atom is 0.190 e. The van der Waals surface area contributed by atoms with Crippen LogP contribution in [0.1, 0.15) is 25.7 Å². The summed E-state index contributed by atoms with van der Waals surface area (Å²) >= 11 is 2.09. The molecule has 0 spiro atoms. The number of hydrogen-bond acceptors (Lipinski definition) is 2. The van der Waals surface area contributed by atoms with Gasteiger partial charge in [0.05, 0.1) is 0 Å². The van der Waals surface area contributed by atoms with Gasteiger partial charge >= 0.3 is 0 Å². The molecule has 92 valence electrons. The maximum atomic E-state index is 4.26. The van der Waals surface area contributed by atoms with E-state index in [9.17, 15) is 0 Å². The van der Waals surface area contributed by atoms with Crippen molar-refractivity contribution in [1.82, 2.24) is 10.6 Å². The first-order chi connectivity index (χ1) is 7.88. The zero-order chi connectivity index (χ0) is 11.2.